The molecule has 0 amide bonds. The van der Waals surface area contributed by atoms with Crippen molar-refractivity contribution in [2.75, 3.05) is 0 Å². The summed E-state index contributed by atoms with van der Waals surface area (Å²) in [5.74, 6) is -0.380. The first-order chi connectivity index (χ1) is 4.33. The summed E-state index contributed by atoms with van der Waals surface area (Å²) in [6.07, 6.45) is 3.55. The largest absolute Gasteiger partial charge is 0.261 e. The highest BCUT2D eigenvalue weighted by molar-refractivity contribution is 5.07. The lowest BCUT2D eigenvalue weighted by Crippen LogP contribution is -1.84. The van der Waals surface area contributed by atoms with Gasteiger partial charge in [0.05, 0.1) is 6.20 Å². The second-order valence-electron chi connectivity index (χ2n) is 1.76. The highest BCUT2D eigenvalue weighted by atomic mass is 19.1. The van der Waals surface area contributed by atoms with Gasteiger partial charge in [-0.15, -0.1) is 0 Å². The van der Waals surface area contributed by atoms with Gasteiger partial charge in [-0.2, -0.15) is 0 Å². The maximum atomic E-state index is 12.2. The molecule has 0 aliphatic rings. The van der Waals surface area contributed by atoms with Crippen molar-refractivity contribution in [3.05, 3.63) is 29.8 Å². The molecule has 47 valence electrons. The second-order valence-corrected chi connectivity index (χ2v) is 1.76. The van der Waals surface area contributed by atoms with Gasteiger partial charge in [-0.3, -0.25) is 4.98 Å². The summed E-state index contributed by atoms with van der Waals surface area (Å²) in [5.41, 5.74) is 0.815. The summed E-state index contributed by atoms with van der Waals surface area (Å²) in [4.78, 5) is 3.65. The Labute approximate surface area is 53.5 Å². The van der Waals surface area contributed by atoms with Crippen LogP contribution in [0, 0.1) is 11.9 Å². The zero-order valence-electron chi connectivity index (χ0n) is 5.19. The molecule has 0 atom stereocenters. The molecule has 1 aromatic rings. The Kier molecular flexibility index (Phi) is 1.78. The SMILES string of the molecule is CCc1[c]c(F)cnc1. The topological polar surface area (TPSA) is 12.9 Å². The summed E-state index contributed by atoms with van der Waals surface area (Å²) < 4.78 is 12.2. The summed E-state index contributed by atoms with van der Waals surface area (Å²) in [7, 11) is 0. The maximum Gasteiger partial charge on any atom is 0.149 e. The molecular formula is C7H7FN. The van der Waals surface area contributed by atoms with Gasteiger partial charge in [-0.1, -0.05) is 6.92 Å². The van der Waals surface area contributed by atoms with E-state index >= 15 is 0 Å². The molecule has 0 aliphatic heterocycles. The van der Waals surface area contributed by atoms with Crippen LogP contribution in [0.2, 0.25) is 0 Å². The Morgan fingerprint density at radius 3 is 2.89 bits per heavy atom. The average Bonchev–Trinajstić information content (AvgIpc) is 1.88. The lowest BCUT2D eigenvalue weighted by Gasteiger charge is -1.90. The Balaban J connectivity index is 2.94. The van der Waals surface area contributed by atoms with E-state index < -0.39 is 0 Å². The van der Waals surface area contributed by atoms with E-state index in [9.17, 15) is 4.39 Å². The van der Waals surface area contributed by atoms with Gasteiger partial charge in [0.1, 0.15) is 5.82 Å². The van der Waals surface area contributed by atoms with Crippen molar-refractivity contribution < 1.29 is 4.39 Å². The highest BCUT2D eigenvalue weighted by Crippen LogP contribution is 1.98. The van der Waals surface area contributed by atoms with E-state index in [0.29, 0.717) is 0 Å². The van der Waals surface area contributed by atoms with Crippen LogP contribution >= 0.6 is 0 Å². The van der Waals surface area contributed by atoms with Gasteiger partial charge >= 0.3 is 0 Å². The quantitative estimate of drug-likeness (QED) is 0.554. The number of pyridine rings is 1. The third-order valence-electron chi connectivity index (χ3n) is 1.08. The minimum atomic E-state index is -0.380. The number of aromatic nitrogens is 1. The van der Waals surface area contributed by atoms with Gasteiger partial charge in [0, 0.05) is 12.3 Å². The van der Waals surface area contributed by atoms with E-state index in [0.717, 1.165) is 18.2 Å². The number of nitrogens with zero attached hydrogens (tertiary/aromatic N) is 1. The van der Waals surface area contributed by atoms with E-state index in [1.807, 2.05) is 6.92 Å². The summed E-state index contributed by atoms with van der Waals surface area (Å²) >= 11 is 0. The number of hydrogen-bond acceptors (Lipinski definition) is 1. The number of rotatable bonds is 1. The normalized spacial score (nSPS) is 9.56. The fourth-order valence-corrected chi connectivity index (χ4v) is 0.590. The van der Waals surface area contributed by atoms with E-state index in [1.165, 1.54) is 0 Å². The number of hydrogen-bond donors (Lipinski definition) is 0. The third kappa shape index (κ3) is 1.49. The van der Waals surface area contributed by atoms with Gasteiger partial charge in [-0.25, -0.2) is 4.39 Å². The zero-order chi connectivity index (χ0) is 6.69. The van der Waals surface area contributed by atoms with Crippen molar-refractivity contribution in [3.8, 4) is 0 Å². The molecule has 0 unspecified atom stereocenters. The molecule has 2 heteroatoms. The van der Waals surface area contributed by atoms with Crippen molar-refractivity contribution in [1.82, 2.24) is 4.98 Å². The molecule has 0 aromatic carbocycles. The first-order valence-corrected chi connectivity index (χ1v) is 2.84. The summed E-state index contributed by atoms with van der Waals surface area (Å²) in [6.45, 7) is 1.94. The molecule has 1 aromatic heterocycles. The molecule has 0 aliphatic carbocycles. The molecule has 0 bridgehead atoms. The van der Waals surface area contributed by atoms with Crippen molar-refractivity contribution >= 4 is 0 Å². The highest BCUT2D eigenvalue weighted by Gasteiger charge is 1.91. The van der Waals surface area contributed by atoms with Crippen LogP contribution in [0.4, 0.5) is 4.39 Å². The van der Waals surface area contributed by atoms with Crippen LogP contribution in [0.1, 0.15) is 12.5 Å². The fraction of sp³-hybridized carbons (Fsp3) is 0.286. The minimum absolute atomic E-state index is 0.380. The predicted molar refractivity (Wildman–Crippen MR) is 32.4 cm³/mol. The molecule has 1 radical (unpaired) electrons. The average molecular weight is 124 g/mol. The molecule has 1 heterocycles. The van der Waals surface area contributed by atoms with Crippen LogP contribution in [-0.2, 0) is 6.42 Å². The van der Waals surface area contributed by atoms with Crippen LogP contribution in [0.15, 0.2) is 12.4 Å². The first-order valence-electron chi connectivity index (χ1n) is 2.84. The van der Waals surface area contributed by atoms with Gasteiger partial charge in [0.2, 0.25) is 0 Å². The van der Waals surface area contributed by atoms with Crippen molar-refractivity contribution in [2.24, 2.45) is 0 Å². The zero-order valence-corrected chi connectivity index (χ0v) is 5.19. The van der Waals surface area contributed by atoms with Crippen LogP contribution in [-0.4, -0.2) is 4.98 Å². The third-order valence-corrected chi connectivity index (χ3v) is 1.08. The Bertz CT molecular complexity index is 198. The van der Waals surface area contributed by atoms with Crippen LogP contribution in [0.3, 0.4) is 0 Å². The number of aryl methyl sites for hydroxylation is 1. The van der Waals surface area contributed by atoms with Gasteiger partial charge < -0.3 is 0 Å². The molecule has 9 heavy (non-hydrogen) atoms. The Hall–Kier alpha value is -0.920. The van der Waals surface area contributed by atoms with Gasteiger partial charge in [-0.05, 0) is 12.0 Å². The molecule has 0 spiro atoms. The molecule has 1 nitrogen and oxygen atoms in total. The second kappa shape index (κ2) is 2.58. The summed E-state index contributed by atoms with van der Waals surface area (Å²) in [6, 6.07) is 2.53. The monoisotopic (exact) mass is 124 g/mol. The standard InChI is InChI=1S/C7H7FN/c1-2-6-3-7(8)5-9-4-6/h4-5H,2H2,1H3. The van der Waals surface area contributed by atoms with E-state index in [4.69, 9.17) is 0 Å². The molecule has 0 N–H and O–H groups in total. The predicted octanol–water partition coefficient (Wildman–Crippen LogP) is 1.58. The Morgan fingerprint density at radius 1 is 1.67 bits per heavy atom. The maximum absolute atomic E-state index is 12.2. The lowest BCUT2D eigenvalue weighted by atomic mass is 10.2. The van der Waals surface area contributed by atoms with E-state index in [-0.39, 0.29) is 5.82 Å². The van der Waals surface area contributed by atoms with E-state index in [2.05, 4.69) is 11.1 Å². The number of halogens is 1. The molecule has 1 rings (SSSR count). The smallest absolute Gasteiger partial charge is 0.149 e. The molecule has 0 saturated heterocycles. The van der Waals surface area contributed by atoms with E-state index in [1.54, 1.807) is 6.20 Å². The van der Waals surface area contributed by atoms with Gasteiger partial charge in [0.25, 0.3) is 0 Å². The molecular weight excluding hydrogens is 117 g/mol. The minimum Gasteiger partial charge on any atom is -0.261 e. The lowest BCUT2D eigenvalue weighted by molar-refractivity contribution is 0.616. The fourth-order valence-electron chi connectivity index (χ4n) is 0.590. The molecule has 0 fully saturated rings. The summed E-state index contributed by atoms with van der Waals surface area (Å²) in [5, 5.41) is 0. The van der Waals surface area contributed by atoms with Crippen molar-refractivity contribution in [2.45, 2.75) is 13.3 Å². The van der Waals surface area contributed by atoms with Crippen LogP contribution < -0.4 is 0 Å². The van der Waals surface area contributed by atoms with Crippen molar-refractivity contribution in [3.63, 3.8) is 0 Å². The first kappa shape index (κ1) is 6.20. The molecule has 0 saturated carbocycles. The Morgan fingerprint density at radius 2 is 2.44 bits per heavy atom. The van der Waals surface area contributed by atoms with Crippen LogP contribution in [0.5, 0.6) is 0 Å². The van der Waals surface area contributed by atoms with Gasteiger partial charge in [0.15, 0.2) is 0 Å². The van der Waals surface area contributed by atoms with Crippen LogP contribution in [0.25, 0.3) is 0 Å². The van der Waals surface area contributed by atoms with Crippen molar-refractivity contribution in [1.29, 1.82) is 0 Å².